The van der Waals surface area contributed by atoms with Crippen LogP contribution in [-0.4, -0.2) is 24.4 Å². The third-order valence-corrected chi connectivity index (χ3v) is 10.2. The van der Waals surface area contributed by atoms with Gasteiger partial charge in [-0.25, -0.2) is 0 Å². The van der Waals surface area contributed by atoms with Gasteiger partial charge in [0.1, 0.15) is 5.75 Å². The van der Waals surface area contributed by atoms with Gasteiger partial charge in [0, 0.05) is 0 Å². The van der Waals surface area contributed by atoms with Crippen LogP contribution in [0.2, 0.25) is 0 Å². The molecule has 5 nitrogen and oxygen atoms in total. The quantitative estimate of drug-likeness (QED) is 0.354. The first-order valence-electron chi connectivity index (χ1n) is 13.3. The van der Waals surface area contributed by atoms with Crippen molar-refractivity contribution >= 4 is 7.60 Å². The largest absolute Gasteiger partial charge is 0.497 e. The number of methoxy groups -OCH3 is 1. The predicted octanol–water partition coefficient (Wildman–Crippen LogP) is 7.83. The number of aliphatic hydroxyl groups excluding tert-OH is 1. The molecule has 1 N–H and O–H groups in total. The van der Waals surface area contributed by atoms with E-state index in [-0.39, 0.29) is 12.2 Å². The molecule has 0 heterocycles. The maximum absolute atomic E-state index is 14.6. The van der Waals surface area contributed by atoms with E-state index >= 15 is 0 Å². The number of hydrogen-bond donors (Lipinski definition) is 1. The van der Waals surface area contributed by atoms with Crippen molar-refractivity contribution in [1.29, 1.82) is 0 Å². The lowest BCUT2D eigenvalue weighted by Gasteiger charge is -2.42. The summed E-state index contributed by atoms with van der Waals surface area (Å²) in [6.45, 7) is 13.3. The third-order valence-electron chi connectivity index (χ3n) is 8.20. The van der Waals surface area contributed by atoms with Crippen LogP contribution in [0.5, 0.6) is 5.75 Å². The maximum Gasteiger partial charge on any atom is 0.363 e. The second-order valence-electron chi connectivity index (χ2n) is 11.6. The third kappa shape index (κ3) is 6.66. The molecular weight excluding hydrogens is 447 g/mol. The zero-order valence-electron chi connectivity index (χ0n) is 22.3. The molecule has 0 unspecified atom stereocenters. The lowest BCUT2D eigenvalue weighted by molar-refractivity contribution is -0.0154. The number of benzene rings is 1. The lowest BCUT2D eigenvalue weighted by Crippen LogP contribution is -2.37. The molecule has 7 atom stereocenters. The molecule has 0 aromatic heterocycles. The fourth-order valence-corrected chi connectivity index (χ4v) is 8.01. The molecular formula is C28H47O5P. The van der Waals surface area contributed by atoms with E-state index in [9.17, 15) is 9.67 Å². The molecule has 0 bridgehead atoms. The van der Waals surface area contributed by atoms with E-state index in [2.05, 4.69) is 41.5 Å². The van der Waals surface area contributed by atoms with Crippen LogP contribution in [0.3, 0.4) is 0 Å². The summed E-state index contributed by atoms with van der Waals surface area (Å²) < 4.78 is 32.9. The molecule has 34 heavy (non-hydrogen) atoms. The Hall–Kier alpha value is -0.870. The summed E-state index contributed by atoms with van der Waals surface area (Å²) in [5, 5.41) is 11.5. The average molecular weight is 495 g/mol. The van der Waals surface area contributed by atoms with E-state index in [1.54, 1.807) is 31.4 Å². The van der Waals surface area contributed by atoms with Gasteiger partial charge in [0.05, 0.1) is 19.3 Å². The first-order valence-corrected chi connectivity index (χ1v) is 14.9. The minimum absolute atomic E-state index is 0.180. The zero-order valence-corrected chi connectivity index (χ0v) is 23.2. The van der Waals surface area contributed by atoms with Crippen molar-refractivity contribution in [2.45, 2.75) is 98.1 Å². The highest BCUT2D eigenvalue weighted by Gasteiger charge is 2.46. The number of ether oxygens (including phenoxy) is 1. The smallest absolute Gasteiger partial charge is 0.363 e. The van der Waals surface area contributed by atoms with E-state index in [1.165, 1.54) is 0 Å². The Balaban J connectivity index is 1.94. The highest BCUT2D eigenvalue weighted by molar-refractivity contribution is 7.54. The normalized spacial score (nSPS) is 31.6. The van der Waals surface area contributed by atoms with E-state index < -0.39 is 13.4 Å². The topological polar surface area (TPSA) is 65.0 Å². The molecule has 1 aromatic rings. The van der Waals surface area contributed by atoms with Crippen LogP contribution in [0, 0.1) is 35.5 Å². The molecule has 194 valence electrons. The monoisotopic (exact) mass is 494 g/mol. The zero-order chi connectivity index (χ0) is 25.0. The maximum atomic E-state index is 14.6. The minimum atomic E-state index is -3.89. The van der Waals surface area contributed by atoms with Gasteiger partial charge in [-0.1, -0.05) is 66.5 Å². The number of rotatable bonds is 9. The molecule has 2 saturated carbocycles. The molecule has 2 aliphatic carbocycles. The number of aliphatic hydroxyl groups is 1. The Morgan fingerprint density at radius 3 is 1.65 bits per heavy atom. The molecule has 2 fully saturated rings. The summed E-state index contributed by atoms with van der Waals surface area (Å²) in [7, 11) is -2.28. The van der Waals surface area contributed by atoms with Crippen molar-refractivity contribution in [2.75, 3.05) is 7.11 Å². The van der Waals surface area contributed by atoms with Gasteiger partial charge in [-0.05, 0) is 78.9 Å². The summed E-state index contributed by atoms with van der Waals surface area (Å²) >= 11 is 0. The van der Waals surface area contributed by atoms with Crippen molar-refractivity contribution in [3.63, 3.8) is 0 Å². The van der Waals surface area contributed by atoms with Crippen LogP contribution >= 0.6 is 7.60 Å². The summed E-state index contributed by atoms with van der Waals surface area (Å²) in [5.74, 6) is 1.83. The minimum Gasteiger partial charge on any atom is -0.497 e. The summed E-state index contributed by atoms with van der Waals surface area (Å²) in [6, 6.07) is 7.08. The van der Waals surface area contributed by atoms with Crippen LogP contribution in [0.1, 0.15) is 91.5 Å². The van der Waals surface area contributed by atoms with Crippen LogP contribution in [0.15, 0.2) is 24.3 Å². The van der Waals surface area contributed by atoms with E-state index in [0.29, 0.717) is 46.8 Å². The van der Waals surface area contributed by atoms with Crippen LogP contribution in [0.25, 0.3) is 0 Å². The van der Waals surface area contributed by atoms with Crippen LogP contribution < -0.4 is 4.74 Å². The molecule has 0 spiro atoms. The van der Waals surface area contributed by atoms with Gasteiger partial charge < -0.3 is 18.9 Å². The van der Waals surface area contributed by atoms with E-state index in [4.69, 9.17) is 13.8 Å². The highest BCUT2D eigenvalue weighted by atomic mass is 31.2. The summed E-state index contributed by atoms with van der Waals surface area (Å²) in [4.78, 5) is 0. The predicted molar refractivity (Wildman–Crippen MR) is 138 cm³/mol. The molecule has 0 radical (unpaired) electrons. The Morgan fingerprint density at radius 1 is 0.824 bits per heavy atom. The first-order chi connectivity index (χ1) is 16.0. The molecule has 0 aliphatic heterocycles. The standard InChI is InChI=1S/C28H47O5P/c1-18(2)24-14-8-20(5)16-26(24)32-34(30,28(29)22-10-12-23(31-7)13-11-22)33-27-17-21(6)9-15-25(27)19(3)4/h10-13,18-21,24-29H,8-9,14-17H2,1-7H3/t20-,21-,24-,25-,26-,27-,28+/m1/s1. The van der Waals surface area contributed by atoms with Gasteiger partial charge in [-0.15, -0.1) is 0 Å². The van der Waals surface area contributed by atoms with E-state index in [1.807, 2.05) is 0 Å². The Morgan fingerprint density at radius 2 is 1.26 bits per heavy atom. The fraction of sp³-hybridized carbons (Fsp3) is 0.786. The SMILES string of the molecule is COc1ccc([C@@H](O)P(=O)(O[C@@H]2C[C@H](C)CC[C@@H]2C(C)C)O[C@@H]2C[C@H](C)CC[C@@H]2C(C)C)cc1. The molecule has 1 aromatic carbocycles. The molecule has 2 aliphatic rings. The van der Waals surface area contributed by atoms with Crippen molar-refractivity contribution < 1.29 is 23.5 Å². The average Bonchev–Trinajstić information content (AvgIpc) is 2.78. The Bertz CT molecular complexity index is 770. The van der Waals surface area contributed by atoms with Gasteiger partial charge in [0.15, 0.2) is 5.85 Å². The molecule has 3 rings (SSSR count). The lowest BCUT2D eigenvalue weighted by atomic mass is 9.75. The van der Waals surface area contributed by atoms with Gasteiger partial charge in [-0.3, -0.25) is 4.57 Å². The van der Waals surface area contributed by atoms with E-state index in [0.717, 1.165) is 38.5 Å². The highest BCUT2D eigenvalue weighted by Crippen LogP contribution is 2.64. The Kier molecular flexibility index (Phi) is 9.71. The van der Waals surface area contributed by atoms with Crippen molar-refractivity contribution in [1.82, 2.24) is 0 Å². The van der Waals surface area contributed by atoms with Gasteiger partial charge in [0.2, 0.25) is 0 Å². The first kappa shape index (κ1) is 27.7. The summed E-state index contributed by atoms with van der Waals surface area (Å²) in [5.41, 5.74) is 0.541. The van der Waals surface area contributed by atoms with Gasteiger partial charge >= 0.3 is 7.60 Å². The second-order valence-corrected chi connectivity index (χ2v) is 13.6. The molecule has 0 amide bonds. The van der Waals surface area contributed by atoms with Crippen LogP contribution in [-0.2, 0) is 13.6 Å². The van der Waals surface area contributed by atoms with Crippen molar-refractivity contribution in [3.05, 3.63) is 29.8 Å². The van der Waals surface area contributed by atoms with Crippen molar-refractivity contribution in [2.24, 2.45) is 35.5 Å². The molecule has 0 saturated heterocycles. The van der Waals surface area contributed by atoms with Crippen molar-refractivity contribution in [3.8, 4) is 5.75 Å². The van der Waals surface area contributed by atoms with Gasteiger partial charge in [-0.2, -0.15) is 0 Å². The fourth-order valence-electron chi connectivity index (χ4n) is 5.95. The molecule has 6 heteroatoms. The Labute approximate surface area is 207 Å². The second kappa shape index (κ2) is 11.9. The number of hydrogen-bond acceptors (Lipinski definition) is 5. The van der Waals surface area contributed by atoms with Gasteiger partial charge in [0.25, 0.3) is 0 Å². The van der Waals surface area contributed by atoms with Crippen LogP contribution in [0.4, 0.5) is 0 Å². The summed E-state index contributed by atoms with van der Waals surface area (Å²) in [6.07, 6.45) is 5.76.